The fourth-order valence-corrected chi connectivity index (χ4v) is 2.42. The minimum absolute atomic E-state index is 0. The number of halogens is 1. The van der Waals surface area contributed by atoms with Crippen LogP contribution in [0.15, 0.2) is 29.6 Å². The van der Waals surface area contributed by atoms with Crippen LogP contribution in [0, 0.1) is 0 Å². The summed E-state index contributed by atoms with van der Waals surface area (Å²) < 4.78 is 0. The van der Waals surface area contributed by atoms with Crippen LogP contribution < -0.4 is 11.1 Å². The Morgan fingerprint density at radius 1 is 1.35 bits per heavy atom. The second-order valence-corrected chi connectivity index (χ2v) is 5.03. The van der Waals surface area contributed by atoms with Gasteiger partial charge < -0.3 is 11.1 Å². The molecule has 0 aliphatic heterocycles. The fourth-order valence-electron chi connectivity index (χ4n) is 1.69. The number of amides is 1. The first kappa shape index (κ1) is 16.6. The first-order chi connectivity index (χ1) is 9.22. The van der Waals surface area contributed by atoms with Gasteiger partial charge in [0.15, 0.2) is 5.13 Å². The number of aromatic nitrogens is 1. The molecule has 0 saturated carbocycles. The zero-order chi connectivity index (χ0) is 13.7. The van der Waals surface area contributed by atoms with E-state index in [4.69, 9.17) is 5.73 Å². The van der Waals surface area contributed by atoms with E-state index in [0.717, 1.165) is 17.7 Å². The lowest BCUT2D eigenvalue weighted by Gasteiger charge is -2.00. The zero-order valence-electron chi connectivity index (χ0n) is 11.3. The lowest BCUT2D eigenvalue weighted by molar-refractivity contribution is -0.116. The first-order valence-electron chi connectivity index (χ1n) is 6.27. The number of rotatable bonds is 5. The first-order valence-corrected chi connectivity index (χ1v) is 7.15. The molecule has 2 aromatic rings. The van der Waals surface area contributed by atoms with E-state index in [0.29, 0.717) is 18.1 Å². The molecule has 1 aromatic heterocycles. The van der Waals surface area contributed by atoms with Crippen LogP contribution >= 0.6 is 23.7 Å². The van der Waals surface area contributed by atoms with Crippen LogP contribution in [-0.4, -0.2) is 17.4 Å². The topological polar surface area (TPSA) is 68.0 Å². The molecule has 108 valence electrons. The molecule has 1 heterocycles. The molecule has 20 heavy (non-hydrogen) atoms. The highest BCUT2D eigenvalue weighted by Crippen LogP contribution is 2.25. The molecule has 0 fully saturated rings. The van der Waals surface area contributed by atoms with Crippen LogP contribution in [0.2, 0.25) is 0 Å². The summed E-state index contributed by atoms with van der Waals surface area (Å²) in [7, 11) is 0. The summed E-state index contributed by atoms with van der Waals surface area (Å²) in [5, 5.41) is 5.31. The highest BCUT2D eigenvalue weighted by atomic mass is 35.5. The van der Waals surface area contributed by atoms with Crippen molar-refractivity contribution >= 4 is 34.8 Å². The molecule has 0 aliphatic rings. The number of anilines is 1. The van der Waals surface area contributed by atoms with Crippen molar-refractivity contribution in [1.29, 1.82) is 0 Å². The second-order valence-electron chi connectivity index (χ2n) is 4.18. The maximum Gasteiger partial charge on any atom is 0.227 e. The molecule has 4 nitrogen and oxygen atoms in total. The molecular formula is C14H18ClN3OS. The van der Waals surface area contributed by atoms with Gasteiger partial charge in [-0.25, -0.2) is 4.98 Å². The van der Waals surface area contributed by atoms with Gasteiger partial charge in [-0.3, -0.25) is 4.79 Å². The number of nitrogens with zero attached hydrogens (tertiary/aromatic N) is 1. The van der Waals surface area contributed by atoms with E-state index >= 15 is 0 Å². The van der Waals surface area contributed by atoms with E-state index in [1.54, 1.807) is 0 Å². The molecule has 0 radical (unpaired) electrons. The van der Waals surface area contributed by atoms with E-state index in [-0.39, 0.29) is 18.3 Å². The molecule has 2 rings (SSSR count). The number of hydrogen-bond acceptors (Lipinski definition) is 4. The van der Waals surface area contributed by atoms with E-state index in [2.05, 4.69) is 41.5 Å². The summed E-state index contributed by atoms with van der Waals surface area (Å²) in [5.74, 6) is -0.0928. The van der Waals surface area contributed by atoms with Crippen molar-refractivity contribution in [2.45, 2.75) is 19.8 Å². The number of aryl methyl sites for hydroxylation is 1. The quantitative estimate of drug-likeness (QED) is 0.891. The lowest BCUT2D eigenvalue weighted by Crippen LogP contribution is -2.15. The minimum atomic E-state index is -0.0928. The minimum Gasteiger partial charge on any atom is -0.330 e. The predicted molar refractivity (Wildman–Crippen MR) is 86.5 cm³/mol. The van der Waals surface area contributed by atoms with Crippen LogP contribution in [0.5, 0.6) is 0 Å². The van der Waals surface area contributed by atoms with Crippen molar-refractivity contribution < 1.29 is 4.79 Å². The van der Waals surface area contributed by atoms with E-state index in [9.17, 15) is 4.79 Å². The monoisotopic (exact) mass is 311 g/mol. The van der Waals surface area contributed by atoms with Crippen LogP contribution in [0.3, 0.4) is 0 Å². The zero-order valence-corrected chi connectivity index (χ0v) is 12.9. The molecule has 6 heteroatoms. The number of nitrogens with two attached hydrogens (primary N) is 1. The third-order valence-electron chi connectivity index (χ3n) is 2.78. The Morgan fingerprint density at radius 2 is 2.05 bits per heavy atom. The molecule has 0 atom stereocenters. The highest BCUT2D eigenvalue weighted by Gasteiger charge is 2.07. The Morgan fingerprint density at radius 3 is 2.65 bits per heavy atom. The third kappa shape index (κ3) is 4.30. The molecule has 0 saturated heterocycles. The van der Waals surface area contributed by atoms with Gasteiger partial charge in [0, 0.05) is 23.9 Å². The Kier molecular flexibility index (Phi) is 6.64. The van der Waals surface area contributed by atoms with Crippen molar-refractivity contribution in [3.63, 3.8) is 0 Å². The van der Waals surface area contributed by atoms with Gasteiger partial charge in [-0.1, -0.05) is 31.2 Å². The number of carbonyl (C=O) groups is 1. The number of hydrogen-bond donors (Lipinski definition) is 2. The van der Waals surface area contributed by atoms with Crippen molar-refractivity contribution in [2.24, 2.45) is 5.73 Å². The van der Waals surface area contributed by atoms with Crippen molar-refractivity contribution in [1.82, 2.24) is 4.98 Å². The average Bonchev–Trinajstić information content (AvgIpc) is 2.87. The molecule has 0 bridgehead atoms. The van der Waals surface area contributed by atoms with Gasteiger partial charge in [-0.2, -0.15) is 0 Å². The number of benzene rings is 1. The molecule has 1 aromatic carbocycles. The van der Waals surface area contributed by atoms with Crippen LogP contribution in [0.4, 0.5) is 5.13 Å². The van der Waals surface area contributed by atoms with Gasteiger partial charge in [0.25, 0.3) is 0 Å². The Bertz CT molecular complexity index is 554. The summed E-state index contributed by atoms with van der Waals surface area (Å²) >= 11 is 1.42. The van der Waals surface area contributed by atoms with Crippen molar-refractivity contribution in [3.8, 4) is 11.3 Å². The highest BCUT2D eigenvalue weighted by molar-refractivity contribution is 7.14. The maximum absolute atomic E-state index is 11.4. The summed E-state index contributed by atoms with van der Waals surface area (Å²) in [4.78, 5) is 15.8. The SMILES string of the molecule is CCc1ccc(-c2csc(NC(=O)CCN)n2)cc1.Cl. The van der Waals surface area contributed by atoms with Crippen molar-refractivity contribution in [2.75, 3.05) is 11.9 Å². The number of nitrogens with one attached hydrogen (secondary N) is 1. The lowest BCUT2D eigenvalue weighted by atomic mass is 10.1. The van der Waals surface area contributed by atoms with E-state index in [1.807, 2.05) is 5.38 Å². The van der Waals surface area contributed by atoms with E-state index in [1.165, 1.54) is 16.9 Å². The van der Waals surface area contributed by atoms with Crippen LogP contribution in [-0.2, 0) is 11.2 Å². The fraction of sp³-hybridized carbons (Fsp3) is 0.286. The molecule has 1 amide bonds. The Balaban J connectivity index is 0.00000200. The van der Waals surface area contributed by atoms with Gasteiger partial charge in [-0.05, 0) is 12.0 Å². The van der Waals surface area contributed by atoms with Gasteiger partial charge in [0.05, 0.1) is 5.69 Å². The van der Waals surface area contributed by atoms with E-state index < -0.39 is 0 Å². The normalized spacial score (nSPS) is 9.90. The second kappa shape index (κ2) is 7.99. The standard InChI is InChI=1S/C14H17N3OS.ClH/c1-2-10-3-5-11(6-4-10)12-9-19-14(16-12)17-13(18)7-8-15;/h3-6,9H,2,7-8,15H2,1H3,(H,16,17,18);1H. The average molecular weight is 312 g/mol. The van der Waals surface area contributed by atoms with Crippen LogP contribution in [0.25, 0.3) is 11.3 Å². The maximum atomic E-state index is 11.4. The summed E-state index contributed by atoms with van der Waals surface area (Å²) in [6.07, 6.45) is 1.35. The van der Waals surface area contributed by atoms with Crippen LogP contribution in [0.1, 0.15) is 18.9 Å². The summed E-state index contributed by atoms with van der Waals surface area (Å²) in [6, 6.07) is 8.31. The summed E-state index contributed by atoms with van der Waals surface area (Å²) in [6.45, 7) is 2.48. The van der Waals surface area contributed by atoms with Gasteiger partial charge in [-0.15, -0.1) is 23.7 Å². The molecule has 0 spiro atoms. The number of carbonyl (C=O) groups excluding carboxylic acids is 1. The third-order valence-corrected chi connectivity index (χ3v) is 3.54. The largest absolute Gasteiger partial charge is 0.330 e. The molecular weight excluding hydrogens is 294 g/mol. The molecule has 0 unspecified atom stereocenters. The summed E-state index contributed by atoms with van der Waals surface area (Å²) in [5.41, 5.74) is 8.58. The Hall–Kier alpha value is -1.43. The predicted octanol–water partition coefficient (Wildman–Crippen LogP) is 3.08. The molecule has 0 aliphatic carbocycles. The van der Waals surface area contributed by atoms with Gasteiger partial charge in [0.1, 0.15) is 0 Å². The smallest absolute Gasteiger partial charge is 0.227 e. The van der Waals surface area contributed by atoms with Gasteiger partial charge >= 0.3 is 0 Å². The number of thiazole rings is 1. The molecule has 3 N–H and O–H groups in total. The van der Waals surface area contributed by atoms with Gasteiger partial charge in [0.2, 0.25) is 5.91 Å². The Labute approximate surface area is 128 Å². The van der Waals surface area contributed by atoms with Crippen molar-refractivity contribution in [3.05, 3.63) is 35.2 Å².